The fourth-order valence-electron chi connectivity index (χ4n) is 20.3. The number of ether oxygens (including phenoxy) is 1. The number of benzene rings is 16. The smallest absolute Gasteiger partial charge is 0.256 e. The number of para-hydroxylation sites is 4. The minimum atomic E-state index is -0.538. The Morgan fingerprint density at radius 3 is 1.28 bits per heavy atom. The van der Waals surface area contributed by atoms with Gasteiger partial charge >= 0.3 is 0 Å². The van der Waals surface area contributed by atoms with Gasteiger partial charge in [-0.25, -0.2) is 0 Å². The van der Waals surface area contributed by atoms with E-state index in [0.717, 1.165) is 118 Å². The van der Waals surface area contributed by atoms with Crippen LogP contribution in [0.5, 0.6) is 11.5 Å². The predicted octanol–water partition coefficient (Wildman–Crippen LogP) is 24.2. The summed E-state index contributed by atoms with van der Waals surface area (Å²) in [4.78, 5) is 7.81. The van der Waals surface area contributed by atoms with Gasteiger partial charge in [0.25, 0.3) is 13.4 Å². The highest BCUT2D eigenvalue weighted by Crippen LogP contribution is 2.65. The van der Waals surface area contributed by atoms with Crippen molar-refractivity contribution < 1.29 is 4.74 Å². The zero-order valence-corrected chi connectivity index (χ0v) is 65.2. The second-order valence-electron chi connectivity index (χ2n) is 35.0. The van der Waals surface area contributed by atoms with Crippen molar-refractivity contribution in [2.24, 2.45) is 0 Å². The Morgan fingerprint density at radius 2 is 0.717 bits per heavy atom. The summed E-state index contributed by atoms with van der Waals surface area (Å²) >= 11 is 0. The molecule has 16 aromatic carbocycles. The van der Waals surface area contributed by atoms with Crippen LogP contribution in [0.3, 0.4) is 0 Å². The number of fused-ring (bicyclic) bond motifs is 20. The maximum absolute atomic E-state index is 8.15. The minimum Gasteiger partial charge on any atom is -0.458 e. The molecular weight excluding hydrogens is 1360 g/mol. The number of hydrogen-bond donors (Lipinski definition) is 0. The number of anilines is 9. The molecule has 113 heavy (non-hydrogen) atoms. The van der Waals surface area contributed by atoms with Crippen LogP contribution in [0.2, 0.25) is 0 Å². The van der Waals surface area contributed by atoms with E-state index in [9.17, 15) is 0 Å². The van der Waals surface area contributed by atoms with Crippen molar-refractivity contribution in [2.75, 3.05) is 14.7 Å². The summed E-state index contributed by atoms with van der Waals surface area (Å²) in [6, 6.07) is 130. The number of nitrogens with zero attached hydrogens (tertiary/aromatic N) is 3. The molecule has 4 aliphatic heterocycles. The second kappa shape index (κ2) is 24.6. The lowest BCUT2D eigenvalue weighted by molar-refractivity contribution is 0.488. The first kappa shape index (κ1) is 67.0. The number of hydrogen-bond acceptors (Lipinski definition) is 4. The van der Waals surface area contributed by atoms with Gasteiger partial charge in [0.15, 0.2) is 0 Å². The van der Waals surface area contributed by atoms with Crippen molar-refractivity contribution >= 4 is 108 Å². The molecule has 0 saturated carbocycles. The van der Waals surface area contributed by atoms with Crippen molar-refractivity contribution in [3.8, 4) is 78.3 Å². The van der Waals surface area contributed by atoms with Gasteiger partial charge in [0.05, 0.1) is 16.8 Å². The largest absolute Gasteiger partial charge is 0.458 e. The van der Waals surface area contributed by atoms with Gasteiger partial charge < -0.3 is 19.4 Å². The molecule has 0 N–H and O–H groups in total. The monoisotopic (exact) mass is 1450 g/mol. The molecule has 22 rings (SSSR count). The van der Waals surface area contributed by atoms with Gasteiger partial charge in [-0.1, -0.05) is 323 Å². The topological polar surface area (TPSA) is 19.0 Å². The van der Waals surface area contributed by atoms with E-state index >= 15 is 0 Å². The van der Waals surface area contributed by atoms with E-state index in [-0.39, 0.29) is 29.7 Å². The van der Waals surface area contributed by atoms with Gasteiger partial charge in [-0.3, -0.25) is 0 Å². The maximum atomic E-state index is 8.15. The highest BCUT2D eigenvalue weighted by molar-refractivity contribution is 7.02. The Labute approximate surface area is 664 Å². The molecule has 0 aromatic heterocycles. The molecule has 2 aliphatic carbocycles. The standard InChI is InChI=1S/C107H83B2N3O/c1-104(2,3)72-56-69(57-73(61-72)105(4,5)6)70-58-95-100-96(59-70)112(102-83(66-33-14-10-15-34-66)62-74(106(7,8)9)63-84(102)67-35-16-11-17-36-67)94-65-97-91(64-90(94)108(100)88-49-28-30-51-92(88)110(95)75-37-18-12-19-38-75)109-89-50-29-31-52-93(89)111(76-39-20-13-21-40-76)103-78-54-53-68(55-71(78)60-98(113-97)101(103)109)77-44-32-45-82-81-43-24-27-48-87(81)107(99(77)82)85-46-25-22-41-79(85)80-42-23-26-47-86(80)107/h10-65H,1-9H3. The average Bonchev–Trinajstić information content (AvgIpc) is 0.938. The third kappa shape index (κ3) is 9.91. The lowest BCUT2D eigenvalue weighted by Gasteiger charge is -2.46. The van der Waals surface area contributed by atoms with Crippen LogP contribution in [0.1, 0.15) is 101 Å². The molecule has 6 aliphatic rings. The fourth-order valence-corrected chi connectivity index (χ4v) is 20.3. The zero-order chi connectivity index (χ0) is 76.1. The van der Waals surface area contributed by atoms with Gasteiger partial charge in [-0.15, -0.1) is 0 Å². The summed E-state index contributed by atoms with van der Waals surface area (Å²) in [6.07, 6.45) is 0. The summed E-state index contributed by atoms with van der Waals surface area (Å²) in [5, 5.41) is 2.27. The van der Waals surface area contributed by atoms with Crippen LogP contribution in [0.4, 0.5) is 51.2 Å². The van der Waals surface area contributed by atoms with Crippen LogP contribution < -0.4 is 52.2 Å². The van der Waals surface area contributed by atoms with E-state index in [2.05, 4.69) is 417 Å². The van der Waals surface area contributed by atoms with Gasteiger partial charge in [0, 0.05) is 62.4 Å². The van der Waals surface area contributed by atoms with Crippen LogP contribution in [0, 0.1) is 0 Å². The molecule has 0 saturated heterocycles. The third-order valence-electron chi connectivity index (χ3n) is 25.5. The summed E-state index contributed by atoms with van der Waals surface area (Å²) in [5.41, 5.74) is 40.0. The first-order chi connectivity index (χ1) is 55.0. The molecule has 0 amide bonds. The van der Waals surface area contributed by atoms with Crippen LogP contribution in [0.25, 0.3) is 77.5 Å². The van der Waals surface area contributed by atoms with Crippen LogP contribution in [-0.4, -0.2) is 13.4 Å². The molecule has 538 valence electrons. The number of rotatable bonds is 7. The van der Waals surface area contributed by atoms with Crippen molar-refractivity contribution in [1.82, 2.24) is 0 Å². The van der Waals surface area contributed by atoms with E-state index < -0.39 is 5.41 Å². The molecule has 0 fully saturated rings. The molecule has 16 aromatic rings. The molecule has 6 heteroatoms. The normalized spacial score (nSPS) is 14.1. The summed E-state index contributed by atoms with van der Waals surface area (Å²) in [5.74, 6) is 1.69. The summed E-state index contributed by atoms with van der Waals surface area (Å²) < 4.78 is 8.15. The summed E-state index contributed by atoms with van der Waals surface area (Å²) in [7, 11) is 0. The van der Waals surface area contributed by atoms with Gasteiger partial charge in [0.1, 0.15) is 11.5 Å². The van der Waals surface area contributed by atoms with Crippen molar-refractivity contribution in [1.29, 1.82) is 0 Å². The molecular formula is C107H83B2N3O. The van der Waals surface area contributed by atoms with Crippen molar-refractivity contribution in [2.45, 2.75) is 84.0 Å². The Bertz CT molecular complexity index is 6530. The Hall–Kier alpha value is -12.9. The third-order valence-corrected chi connectivity index (χ3v) is 25.5. The Balaban J connectivity index is 0.845. The SMILES string of the molecule is CC(C)(C)c1cc(-c2cc3c4c(c2)N(c2c(-c5ccccc5)cc(C(C)(C)C)cc2-c2ccccc2)c2cc5c(cc2B4c2ccccc2N3c2ccccc2)B2c3ccccc3N(c3ccccc3)c3c2c(cc2cc(-c4cccc6c4C4(c7ccccc7-c7ccccc74)c4ccccc4-6)ccc32)O5)cc(C(C)(C)C)c1. The van der Waals surface area contributed by atoms with Crippen molar-refractivity contribution in [3.05, 3.63) is 379 Å². The van der Waals surface area contributed by atoms with Gasteiger partial charge in [-0.05, 0) is 222 Å². The predicted molar refractivity (Wildman–Crippen MR) is 478 cm³/mol. The van der Waals surface area contributed by atoms with Gasteiger partial charge in [-0.2, -0.15) is 0 Å². The fraction of sp³-hybridized carbons (Fsp3) is 0.121. The van der Waals surface area contributed by atoms with E-state index in [1.54, 1.807) is 0 Å². The highest BCUT2D eigenvalue weighted by atomic mass is 16.5. The maximum Gasteiger partial charge on any atom is 0.256 e. The van der Waals surface area contributed by atoms with E-state index in [1.165, 1.54) is 94.2 Å². The first-order valence-electron chi connectivity index (χ1n) is 40.2. The Morgan fingerprint density at radius 1 is 0.265 bits per heavy atom. The summed E-state index contributed by atoms with van der Waals surface area (Å²) in [6.45, 7) is 20.7. The zero-order valence-electron chi connectivity index (χ0n) is 65.2. The Kier molecular flexibility index (Phi) is 14.6. The van der Waals surface area contributed by atoms with Crippen molar-refractivity contribution in [3.63, 3.8) is 0 Å². The van der Waals surface area contributed by atoms with E-state index in [1.807, 2.05) is 0 Å². The highest BCUT2D eigenvalue weighted by Gasteiger charge is 2.54. The average molecular weight is 1450 g/mol. The minimum absolute atomic E-state index is 0.131. The molecule has 4 heterocycles. The first-order valence-corrected chi connectivity index (χ1v) is 40.2. The molecule has 4 nitrogen and oxygen atoms in total. The second-order valence-corrected chi connectivity index (χ2v) is 35.0. The van der Waals surface area contributed by atoms with Crippen LogP contribution in [-0.2, 0) is 21.7 Å². The van der Waals surface area contributed by atoms with E-state index in [0.29, 0.717) is 0 Å². The molecule has 0 atom stereocenters. The molecule has 0 bridgehead atoms. The van der Waals surface area contributed by atoms with Crippen LogP contribution in [0.15, 0.2) is 340 Å². The lowest BCUT2D eigenvalue weighted by Crippen LogP contribution is -2.64. The molecule has 1 spiro atoms. The molecule has 0 unspecified atom stereocenters. The quantitative estimate of drug-likeness (QED) is 0.148. The lowest BCUT2D eigenvalue weighted by atomic mass is 9.30. The van der Waals surface area contributed by atoms with Crippen LogP contribution >= 0.6 is 0 Å². The molecule has 0 radical (unpaired) electrons. The van der Waals surface area contributed by atoms with E-state index in [4.69, 9.17) is 4.74 Å². The van der Waals surface area contributed by atoms with Gasteiger partial charge in [0.2, 0.25) is 0 Å².